The monoisotopic (exact) mass is 440 g/mol. The van der Waals surface area contributed by atoms with Crippen LogP contribution in [0.3, 0.4) is 0 Å². The molecule has 0 saturated heterocycles. The van der Waals surface area contributed by atoms with Gasteiger partial charge in [-0.3, -0.25) is 0 Å². The fourth-order valence-corrected chi connectivity index (χ4v) is 3.49. The highest BCUT2D eigenvalue weighted by molar-refractivity contribution is 5.96. The van der Waals surface area contributed by atoms with Gasteiger partial charge in [0.2, 0.25) is 0 Å². The highest BCUT2D eigenvalue weighted by Gasteiger charge is 2.26. The third-order valence-corrected chi connectivity index (χ3v) is 5.44. The number of phenols is 1. The lowest BCUT2D eigenvalue weighted by molar-refractivity contribution is -0.131. The topological polar surface area (TPSA) is 100 Å². The minimum Gasteiger partial charge on any atom is -0.507 e. The summed E-state index contributed by atoms with van der Waals surface area (Å²) in [4.78, 5) is 11.2. The van der Waals surface area contributed by atoms with Crippen LogP contribution in [-0.2, 0) is 17.0 Å². The molecule has 3 rings (SSSR count). The molecule has 6 nitrogen and oxygen atoms in total. The first kappa shape index (κ1) is 23.1. The summed E-state index contributed by atoms with van der Waals surface area (Å²) in [6, 6.07) is 10.5. The van der Waals surface area contributed by atoms with Crippen molar-refractivity contribution >= 4 is 11.5 Å². The summed E-state index contributed by atoms with van der Waals surface area (Å²) in [5.41, 5.74) is 1.03. The number of hydrogen-bond acceptors (Lipinski definition) is 5. The molecule has 0 amide bonds. The van der Waals surface area contributed by atoms with E-state index >= 15 is 0 Å². The van der Waals surface area contributed by atoms with Gasteiger partial charge in [0, 0.05) is 28.8 Å². The molecule has 0 fully saturated rings. The number of aliphatic carboxylic acids is 1. The maximum Gasteiger partial charge on any atom is 0.328 e. The minimum absolute atomic E-state index is 0.0388. The van der Waals surface area contributed by atoms with Gasteiger partial charge in [-0.25, -0.2) is 9.18 Å². The highest BCUT2D eigenvalue weighted by atomic mass is 19.1. The van der Waals surface area contributed by atoms with Gasteiger partial charge in [-0.2, -0.15) is 0 Å². The minimum atomic E-state index is -1.16. The van der Waals surface area contributed by atoms with E-state index in [-0.39, 0.29) is 18.1 Å². The average Bonchev–Trinajstić information content (AvgIpc) is 3.30. The van der Waals surface area contributed by atoms with E-state index in [1.54, 1.807) is 24.3 Å². The van der Waals surface area contributed by atoms with Crippen LogP contribution in [0.15, 0.2) is 65.5 Å². The zero-order valence-corrected chi connectivity index (χ0v) is 17.8. The normalized spacial score (nSPS) is 12.1. The standard InChI is InChI=1S/C25H25FO6/c1-3-25(30,4-2)18-10-19(26)12-20(11-18)32-14-16-5-6-21(23(27)9-16)22(13-24(28)29)17-7-8-31-15-17/h5-13,15,27,30H,3-4,14H2,1-2H3,(H,28,29)/b22-13-. The molecule has 3 aromatic rings. The zero-order chi connectivity index (χ0) is 23.3. The van der Waals surface area contributed by atoms with Crippen LogP contribution in [0.4, 0.5) is 4.39 Å². The van der Waals surface area contributed by atoms with E-state index in [4.69, 9.17) is 9.15 Å². The Morgan fingerprint density at radius 3 is 2.50 bits per heavy atom. The van der Waals surface area contributed by atoms with Crippen molar-refractivity contribution in [2.24, 2.45) is 0 Å². The van der Waals surface area contributed by atoms with Crippen molar-refractivity contribution in [2.75, 3.05) is 0 Å². The summed E-state index contributed by atoms with van der Waals surface area (Å²) in [6.45, 7) is 3.70. The number of hydrogen-bond donors (Lipinski definition) is 3. The van der Waals surface area contributed by atoms with Crippen LogP contribution in [-0.4, -0.2) is 21.3 Å². The van der Waals surface area contributed by atoms with Gasteiger partial charge < -0.3 is 24.5 Å². The number of ether oxygens (including phenoxy) is 1. The van der Waals surface area contributed by atoms with Crippen molar-refractivity contribution in [3.8, 4) is 11.5 Å². The van der Waals surface area contributed by atoms with Crippen LogP contribution in [0, 0.1) is 5.82 Å². The maximum atomic E-state index is 14.1. The van der Waals surface area contributed by atoms with E-state index in [1.165, 1.54) is 30.7 Å². The lowest BCUT2D eigenvalue weighted by Gasteiger charge is -2.26. The molecular formula is C25H25FO6. The number of phenolic OH excluding ortho intramolecular Hbond substituents is 1. The van der Waals surface area contributed by atoms with Crippen LogP contribution < -0.4 is 4.74 Å². The van der Waals surface area contributed by atoms with Crippen molar-refractivity contribution in [1.29, 1.82) is 0 Å². The van der Waals surface area contributed by atoms with Crippen LogP contribution in [0.5, 0.6) is 11.5 Å². The fourth-order valence-electron chi connectivity index (χ4n) is 3.49. The number of carbonyl (C=O) groups is 1. The Labute approximate surface area is 185 Å². The Bertz CT molecular complexity index is 1110. The van der Waals surface area contributed by atoms with Crippen molar-refractivity contribution in [3.05, 3.63) is 89.1 Å². The van der Waals surface area contributed by atoms with Crippen molar-refractivity contribution in [1.82, 2.24) is 0 Å². The predicted molar refractivity (Wildman–Crippen MR) is 117 cm³/mol. The fraction of sp³-hybridized carbons (Fsp3) is 0.240. The summed E-state index contributed by atoms with van der Waals surface area (Å²) in [5, 5.41) is 30.4. The third-order valence-electron chi connectivity index (χ3n) is 5.44. The largest absolute Gasteiger partial charge is 0.507 e. The Hall–Kier alpha value is -3.58. The van der Waals surface area contributed by atoms with Crippen LogP contribution >= 0.6 is 0 Å². The molecule has 2 aromatic carbocycles. The molecule has 0 bridgehead atoms. The van der Waals surface area contributed by atoms with E-state index in [1.807, 2.05) is 13.8 Å². The highest BCUT2D eigenvalue weighted by Crippen LogP contribution is 2.33. The first-order chi connectivity index (χ1) is 15.3. The summed E-state index contributed by atoms with van der Waals surface area (Å²) in [6.07, 6.45) is 4.67. The second-order valence-electron chi connectivity index (χ2n) is 7.46. The quantitative estimate of drug-likeness (QED) is 0.394. The van der Waals surface area contributed by atoms with Gasteiger partial charge in [-0.15, -0.1) is 0 Å². The van der Waals surface area contributed by atoms with E-state index < -0.39 is 17.4 Å². The number of carboxylic acid groups (broad SMARTS) is 1. The van der Waals surface area contributed by atoms with Gasteiger partial charge in [0.05, 0.1) is 18.1 Å². The maximum absolute atomic E-state index is 14.1. The van der Waals surface area contributed by atoms with E-state index in [2.05, 4.69) is 0 Å². The number of benzene rings is 2. The predicted octanol–water partition coefficient (Wildman–Crippen LogP) is 5.23. The van der Waals surface area contributed by atoms with Gasteiger partial charge in [-0.05, 0) is 48.2 Å². The van der Waals surface area contributed by atoms with Crippen molar-refractivity contribution in [2.45, 2.75) is 38.9 Å². The lowest BCUT2D eigenvalue weighted by Crippen LogP contribution is -2.23. The molecule has 1 aromatic heterocycles. The molecule has 7 heteroatoms. The first-order valence-corrected chi connectivity index (χ1v) is 10.2. The third kappa shape index (κ3) is 5.18. The van der Waals surface area contributed by atoms with Gasteiger partial charge in [0.25, 0.3) is 0 Å². The molecule has 0 aliphatic rings. The Morgan fingerprint density at radius 2 is 1.91 bits per heavy atom. The summed E-state index contributed by atoms with van der Waals surface area (Å²) >= 11 is 0. The molecule has 32 heavy (non-hydrogen) atoms. The van der Waals surface area contributed by atoms with E-state index in [0.717, 1.165) is 6.08 Å². The number of halogens is 1. The zero-order valence-electron chi connectivity index (χ0n) is 17.8. The molecule has 168 valence electrons. The smallest absolute Gasteiger partial charge is 0.328 e. The SMILES string of the molecule is CCC(O)(CC)c1cc(F)cc(OCc2ccc(/C(=C\C(=O)O)c3ccoc3)c(O)c2)c1. The summed E-state index contributed by atoms with van der Waals surface area (Å²) in [7, 11) is 0. The molecule has 0 unspecified atom stereocenters. The van der Waals surface area contributed by atoms with Crippen LogP contribution in [0.1, 0.15) is 48.9 Å². The first-order valence-electron chi connectivity index (χ1n) is 10.2. The number of aliphatic hydroxyl groups is 1. The molecule has 0 aliphatic carbocycles. The molecule has 0 radical (unpaired) electrons. The van der Waals surface area contributed by atoms with Crippen LogP contribution in [0.2, 0.25) is 0 Å². The molecule has 0 spiro atoms. The number of carboxylic acids is 1. The molecular weight excluding hydrogens is 415 g/mol. The second-order valence-corrected chi connectivity index (χ2v) is 7.46. The number of aromatic hydroxyl groups is 1. The average molecular weight is 440 g/mol. The van der Waals surface area contributed by atoms with Gasteiger partial charge in [0.15, 0.2) is 0 Å². The van der Waals surface area contributed by atoms with Gasteiger partial charge in [0.1, 0.15) is 23.9 Å². The van der Waals surface area contributed by atoms with Gasteiger partial charge >= 0.3 is 5.97 Å². The molecule has 0 saturated carbocycles. The molecule has 3 N–H and O–H groups in total. The summed E-state index contributed by atoms with van der Waals surface area (Å²) < 4.78 is 24.8. The lowest BCUT2D eigenvalue weighted by atomic mass is 9.88. The van der Waals surface area contributed by atoms with E-state index in [0.29, 0.717) is 40.7 Å². The van der Waals surface area contributed by atoms with Crippen molar-refractivity contribution < 1.29 is 33.7 Å². The number of rotatable bonds is 9. The molecule has 1 heterocycles. The van der Waals surface area contributed by atoms with Crippen LogP contribution in [0.25, 0.3) is 5.57 Å². The molecule has 0 aliphatic heterocycles. The van der Waals surface area contributed by atoms with Gasteiger partial charge in [-0.1, -0.05) is 26.0 Å². The Balaban J connectivity index is 1.83. The van der Waals surface area contributed by atoms with E-state index in [9.17, 15) is 24.5 Å². The Morgan fingerprint density at radius 1 is 1.16 bits per heavy atom. The van der Waals surface area contributed by atoms with Crippen molar-refractivity contribution in [3.63, 3.8) is 0 Å². The second kappa shape index (κ2) is 9.70. The summed E-state index contributed by atoms with van der Waals surface area (Å²) in [5.74, 6) is -1.55. The molecule has 0 atom stereocenters. The Kier molecular flexibility index (Phi) is 7.00. The number of furan rings is 1.